The molecule has 3 nitrogen and oxygen atoms in total. The van der Waals surface area contributed by atoms with E-state index in [1.165, 1.54) is 32.6 Å². The van der Waals surface area contributed by atoms with Crippen LogP contribution in [0.1, 0.15) is 34.1 Å². The third-order valence-electron chi connectivity index (χ3n) is 4.43. The average molecular weight is 239 g/mol. The van der Waals surface area contributed by atoms with Gasteiger partial charge in [0.05, 0.1) is 0 Å². The minimum Gasteiger partial charge on any atom is -0.311 e. The quantitative estimate of drug-likeness (QED) is 0.803. The van der Waals surface area contributed by atoms with Crippen LogP contribution < -0.4 is 5.32 Å². The summed E-state index contributed by atoms with van der Waals surface area (Å²) in [6.07, 6.45) is 1.39. The van der Waals surface area contributed by atoms with Crippen LogP contribution >= 0.6 is 0 Å². The molecule has 100 valence electrons. The highest BCUT2D eigenvalue weighted by Crippen LogP contribution is 2.21. The molecule has 0 aromatic carbocycles. The SMILES string of the molecule is CC1CN(CC2CCN(C(C)C)C2)C(C)CN1. The summed E-state index contributed by atoms with van der Waals surface area (Å²) in [7, 11) is 0. The second-order valence-electron chi connectivity index (χ2n) is 6.36. The number of hydrogen-bond donors (Lipinski definition) is 1. The molecule has 3 atom stereocenters. The van der Waals surface area contributed by atoms with Crippen molar-refractivity contribution >= 4 is 0 Å². The zero-order valence-corrected chi connectivity index (χ0v) is 11.9. The Labute approximate surface area is 107 Å². The molecule has 3 heteroatoms. The number of hydrogen-bond acceptors (Lipinski definition) is 3. The minimum atomic E-state index is 0.661. The third kappa shape index (κ3) is 3.43. The first-order valence-corrected chi connectivity index (χ1v) is 7.27. The van der Waals surface area contributed by atoms with E-state index in [0.29, 0.717) is 12.1 Å². The molecule has 0 aliphatic carbocycles. The predicted octanol–water partition coefficient (Wildman–Crippen LogP) is 1.40. The van der Waals surface area contributed by atoms with Gasteiger partial charge in [0.15, 0.2) is 0 Å². The van der Waals surface area contributed by atoms with Gasteiger partial charge >= 0.3 is 0 Å². The summed E-state index contributed by atoms with van der Waals surface area (Å²) in [5.74, 6) is 0.894. The topological polar surface area (TPSA) is 18.5 Å². The first-order valence-electron chi connectivity index (χ1n) is 7.27. The monoisotopic (exact) mass is 239 g/mol. The number of piperazine rings is 1. The molecule has 0 spiro atoms. The van der Waals surface area contributed by atoms with Crippen LogP contribution in [0.15, 0.2) is 0 Å². The Hall–Kier alpha value is -0.120. The van der Waals surface area contributed by atoms with Crippen LogP contribution in [0.5, 0.6) is 0 Å². The number of likely N-dealkylation sites (tertiary alicyclic amines) is 1. The molecule has 0 amide bonds. The van der Waals surface area contributed by atoms with E-state index in [-0.39, 0.29) is 0 Å². The van der Waals surface area contributed by atoms with Crippen molar-refractivity contribution in [2.45, 2.75) is 52.2 Å². The summed E-state index contributed by atoms with van der Waals surface area (Å²) < 4.78 is 0. The van der Waals surface area contributed by atoms with Gasteiger partial charge in [-0.1, -0.05) is 0 Å². The summed E-state index contributed by atoms with van der Waals surface area (Å²) in [6.45, 7) is 15.6. The van der Waals surface area contributed by atoms with Crippen molar-refractivity contribution in [1.82, 2.24) is 15.1 Å². The van der Waals surface area contributed by atoms with Gasteiger partial charge in [-0.3, -0.25) is 4.90 Å². The Morgan fingerprint density at radius 3 is 2.65 bits per heavy atom. The van der Waals surface area contributed by atoms with Gasteiger partial charge in [0.2, 0.25) is 0 Å². The van der Waals surface area contributed by atoms with E-state index in [1.54, 1.807) is 0 Å². The first kappa shape index (κ1) is 13.3. The van der Waals surface area contributed by atoms with Gasteiger partial charge in [-0.25, -0.2) is 0 Å². The Bertz CT molecular complexity index is 242. The molecule has 2 saturated heterocycles. The van der Waals surface area contributed by atoms with Crippen molar-refractivity contribution < 1.29 is 0 Å². The fourth-order valence-electron chi connectivity index (χ4n) is 3.16. The van der Waals surface area contributed by atoms with Crippen LogP contribution in [0, 0.1) is 5.92 Å². The van der Waals surface area contributed by atoms with E-state index in [1.807, 2.05) is 0 Å². The average Bonchev–Trinajstić information content (AvgIpc) is 2.72. The second-order valence-corrected chi connectivity index (χ2v) is 6.36. The lowest BCUT2D eigenvalue weighted by Crippen LogP contribution is -2.55. The molecule has 2 rings (SSSR count). The molecular formula is C14H29N3. The normalized spacial score (nSPS) is 36.9. The van der Waals surface area contributed by atoms with Crippen LogP contribution in [-0.4, -0.2) is 60.6 Å². The van der Waals surface area contributed by atoms with Gasteiger partial charge in [0.1, 0.15) is 0 Å². The molecule has 0 saturated carbocycles. The van der Waals surface area contributed by atoms with Gasteiger partial charge in [-0.05, 0) is 46.6 Å². The van der Waals surface area contributed by atoms with Gasteiger partial charge in [-0.15, -0.1) is 0 Å². The van der Waals surface area contributed by atoms with E-state index < -0.39 is 0 Å². The fourth-order valence-corrected chi connectivity index (χ4v) is 3.16. The van der Waals surface area contributed by atoms with Gasteiger partial charge in [0, 0.05) is 44.3 Å². The molecule has 0 aromatic heterocycles. The lowest BCUT2D eigenvalue weighted by molar-refractivity contribution is 0.123. The molecule has 0 radical (unpaired) electrons. The molecule has 17 heavy (non-hydrogen) atoms. The highest BCUT2D eigenvalue weighted by Gasteiger charge is 2.29. The summed E-state index contributed by atoms with van der Waals surface area (Å²) >= 11 is 0. The van der Waals surface area contributed by atoms with E-state index in [9.17, 15) is 0 Å². The zero-order chi connectivity index (χ0) is 12.4. The van der Waals surface area contributed by atoms with Crippen molar-refractivity contribution in [1.29, 1.82) is 0 Å². The Morgan fingerprint density at radius 1 is 1.24 bits per heavy atom. The fraction of sp³-hybridized carbons (Fsp3) is 1.00. The standard InChI is InChI=1S/C14H29N3/c1-11(2)16-6-5-14(9-16)10-17-8-12(3)15-7-13(17)4/h11-15H,5-10H2,1-4H3. The van der Waals surface area contributed by atoms with E-state index >= 15 is 0 Å². The van der Waals surface area contributed by atoms with Crippen LogP contribution in [-0.2, 0) is 0 Å². The largest absolute Gasteiger partial charge is 0.311 e. The number of nitrogens with zero attached hydrogens (tertiary/aromatic N) is 2. The molecular weight excluding hydrogens is 210 g/mol. The molecule has 2 heterocycles. The Morgan fingerprint density at radius 2 is 2.00 bits per heavy atom. The maximum atomic E-state index is 3.56. The molecule has 0 bridgehead atoms. The van der Waals surface area contributed by atoms with E-state index in [4.69, 9.17) is 0 Å². The first-order chi connectivity index (χ1) is 8.06. The zero-order valence-electron chi connectivity index (χ0n) is 11.9. The highest BCUT2D eigenvalue weighted by atomic mass is 15.2. The van der Waals surface area contributed by atoms with Crippen molar-refractivity contribution in [3.63, 3.8) is 0 Å². The molecule has 2 aliphatic heterocycles. The van der Waals surface area contributed by atoms with Crippen molar-refractivity contribution in [2.75, 3.05) is 32.7 Å². The summed E-state index contributed by atoms with van der Waals surface area (Å²) in [5.41, 5.74) is 0. The minimum absolute atomic E-state index is 0.661. The highest BCUT2D eigenvalue weighted by molar-refractivity contribution is 4.86. The predicted molar refractivity (Wildman–Crippen MR) is 73.3 cm³/mol. The van der Waals surface area contributed by atoms with E-state index in [0.717, 1.165) is 18.5 Å². The molecule has 3 unspecified atom stereocenters. The van der Waals surface area contributed by atoms with Crippen LogP contribution in [0.4, 0.5) is 0 Å². The van der Waals surface area contributed by atoms with Crippen LogP contribution in [0.2, 0.25) is 0 Å². The lowest BCUT2D eigenvalue weighted by atomic mass is 10.0. The maximum absolute atomic E-state index is 3.56. The molecule has 1 N–H and O–H groups in total. The van der Waals surface area contributed by atoms with E-state index in [2.05, 4.69) is 42.8 Å². The Balaban J connectivity index is 1.81. The van der Waals surface area contributed by atoms with Gasteiger partial charge < -0.3 is 10.2 Å². The molecule has 0 aromatic rings. The Kier molecular flexibility index (Phi) is 4.45. The lowest BCUT2D eigenvalue weighted by Gasteiger charge is -2.39. The van der Waals surface area contributed by atoms with Gasteiger partial charge in [-0.2, -0.15) is 0 Å². The summed E-state index contributed by atoms with van der Waals surface area (Å²) in [4.78, 5) is 5.32. The van der Waals surface area contributed by atoms with Crippen molar-refractivity contribution in [2.24, 2.45) is 5.92 Å². The van der Waals surface area contributed by atoms with Crippen LogP contribution in [0.25, 0.3) is 0 Å². The van der Waals surface area contributed by atoms with Crippen LogP contribution in [0.3, 0.4) is 0 Å². The molecule has 2 aliphatic rings. The number of rotatable bonds is 3. The molecule has 2 fully saturated rings. The van der Waals surface area contributed by atoms with Gasteiger partial charge in [0.25, 0.3) is 0 Å². The number of nitrogens with one attached hydrogen (secondary N) is 1. The summed E-state index contributed by atoms with van der Waals surface area (Å²) in [6, 6.07) is 2.09. The smallest absolute Gasteiger partial charge is 0.0193 e. The van der Waals surface area contributed by atoms with Crippen molar-refractivity contribution in [3.05, 3.63) is 0 Å². The summed E-state index contributed by atoms with van der Waals surface area (Å²) in [5, 5.41) is 3.56. The third-order valence-corrected chi connectivity index (χ3v) is 4.43. The van der Waals surface area contributed by atoms with Crippen molar-refractivity contribution in [3.8, 4) is 0 Å². The maximum Gasteiger partial charge on any atom is 0.0193 e. The second kappa shape index (κ2) is 5.68.